The first kappa shape index (κ1) is 19.6. The van der Waals surface area contributed by atoms with Gasteiger partial charge in [-0.15, -0.1) is 0 Å². The fraction of sp³-hybridized carbons (Fsp3) is 0.474. The van der Waals surface area contributed by atoms with Crippen molar-refractivity contribution >= 4 is 40.7 Å². The number of nitrogens with two attached hydrogens (primary N) is 3. The van der Waals surface area contributed by atoms with Gasteiger partial charge in [0, 0.05) is 29.4 Å². The molecule has 0 saturated carbocycles. The van der Waals surface area contributed by atoms with Gasteiger partial charge in [0.25, 0.3) is 0 Å². The number of benzene rings is 1. The summed E-state index contributed by atoms with van der Waals surface area (Å²) in [6.45, 7) is 4.53. The molecule has 1 aromatic heterocycles. The molecule has 2 saturated heterocycles. The summed E-state index contributed by atoms with van der Waals surface area (Å²) in [5.74, 6) is 1.17. The highest BCUT2D eigenvalue weighted by molar-refractivity contribution is 7.99. The van der Waals surface area contributed by atoms with E-state index in [0.717, 1.165) is 43.3 Å². The molecular weight excluding hydrogens is 396 g/mol. The highest BCUT2D eigenvalue weighted by Gasteiger charge is 2.47. The molecule has 2 aromatic rings. The minimum Gasteiger partial charge on any atom is -0.397 e. The van der Waals surface area contributed by atoms with E-state index in [1.165, 1.54) is 11.8 Å². The van der Waals surface area contributed by atoms with E-state index in [9.17, 15) is 0 Å². The normalized spacial score (nSPS) is 24.0. The minimum absolute atomic E-state index is 0.0780. The van der Waals surface area contributed by atoms with Crippen LogP contribution in [-0.4, -0.2) is 41.8 Å². The summed E-state index contributed by atoms with van der Waals surface area (Å²) in [4.78, 5) is 12.1. The molecule has 6 N–H and O–H groups in total. The lowest BCUT2D eigenvalue weighted by Crippen LogP contribution is -2.50. The Labute approximate surface area is 174 Å². The fourth-order valence-electron chi connectivity index (χ4n) is 3.98. The Morgan fingerprint density at radius 3 is 2.68 bits per heavy atom. The van der Waals surface area contributed by atoms with E-state index in [1.54, 1.807) is 12.3 Å². The van der Waals surface area contributed by atoms with Gasteiger partial charge >= 0.3 is 0 Å². The highest BCUT2D eigenvalue weighted by atomic mass is 35.5. The van der Waals surface area contributed by atoms with Crippen LogP contribution in [0.25, 0.3) is 0 Å². The van der Waals surface area contributed by atoms with Crippen molar-refractivity contribution in [2.45, 2.75) is 41.8 Å². The number of hydrogen-bond donors (Lipinski definition) is 3. The lowest BCUT2D eigenvalue weighted by Gasteiger charge is -2.41. The Bertz CT molecular complexity index is 873. The van der Waals surface area contributed by atoms with E-state index in [-0.39, 0.29) is 17.6 Å². The zero-order chi connectivity index (χ0) is 19.9. The number of rotatable bonds is 3. The van der Waals surface area contributed by atoms with Crippen LogP contribution in [0.3, 0.4) is 0 Å². The average Bonchev–Trinajstić information content (AvgIpc) is 2.96. The molecule has 9 heteroatoms. The van der Waals surface area contributed by atoms with Crippen molar-refractivity contribution in [1.29, 1.82) is 0 Å². The van der Waals surface area contributed by atoms with Crippen molar-refractivity contribution in [3.8, 4) is 0 Å². The second-order valence-electron chi connectivity index (χ2n) is 7.57. The predicted molar refractivity (Wildman–Crippen MR) is 114 cm³/mol. The van der Waals surface area contributed by atoms with Crippen LogP contribution >= 0.6 is 23.4 Å². The summed E-state index contributed by atoms with van der Waals surface area (Å²) >= 11 is 7.63. The molecule has 2 atom stereocenters. The summed E-state index contributed by atoms with van der Waals surface area (Å²) < 4.78 is 5.79. The van der Waals surface area contributed by atoms with Gasteiger partial charge in [0.05, 0.1) is 29.6 Å². The van der Waals surface area contributed by atoms with Crippen molar-refractivity contribution in [1.82, 2.24) is 9.97 Å². The Kier molecular flexibility index (Phi) is 5.30. The van der Waals surface area contributed by atoms with Crippen LogP contribution in [0.5, 0.6) is 0 Å². The molecule has 3 heterocycles. The number of halogens is 1. The van der Waals surface area contributed by atoms with Crippen molar-refractivity contribution < 1.29 is 4.74 Å². The first-order valence-electron chi connectivity index (χ1n) is 9.36. The maximum Gasteiger partial charge on any atom is 0.158 e. The van der Waals surface area contributed by atoms with Gasteiger partial charge in [-0.05, 0) is 31.9 Å². The maximum atomic E-state index is 6.40. The molecule has 0 amide bonds. The standard InChI is InChI=1S/C19H25ClN6OS/c1-11-16(22)19(10-27-11)5-7-26(8-6-19)14-9-24-18(17(23)25-14)28-13-4-2-3-12(21)15(13)20/h2-4,9,11,16H,5-8,10,21-22H2,1H3,(H2,23,25)/t11-,16+/m0/s1. The van der Waals surface area contributed by atoms with E-state index in [4.69, 9.17) is 33.5 Å². The smallest absolute Gasteiger partial charge is 0.158 e. The molecule has 2 fully saturated rings. The number of nitrogen functional groups attached to an aromatic ring is 2. The van der Waals surface area contributed by atoms with Crippen LogP contribution in [0.15, 0.2) is 34.3 Å². The van der Waals surface area contributed by atoms with Crippen molar-refractivity contribution in [2.24, 2.45) is 11.1 Å². The van der Waals surface area contributed by atoms with Crippen molar-refractivity contribution in [3.63, 3.8) is 0 Å². The Morgan fingerprint density at radius 1 is 1.29 bits per heavy atom. The van der Waals surface area contributed by atoms with Gasteiger partial charge in [-0.2, -0.15) is 0 Å². The lowest BCUT2D eigenvalue weighted by atomic mass is 9.73. The van der Waals surface area contributed by atoms with Crippen molar-refractivity contribution in [2.75, 3.05) is 36.1 Å². The summed E-state index contributed by atoms with van der Waals surface area (Å²) in [5.41, 5.74) is 19.1. The number of ether oxygens (including phenoxy) is 1. The molecule has 1 aromatic carbocycles. The predicted octanol–water partition coefficient (Wildman–Crippen LogP) is 2.78. The number of anilines is 3. The van der Waals surface area contributed by atoms with Crippen LogP contribution in [0.2, 0.25) is 5.02 Å². The third-order valence-corrected chi connectivity index (χ3v) is 7.48. The summed E-state index contributed by atoms with van der Waals surface area (Å²) in [6.07, 6.45) is 3.85. The Balaban J connectivity index is 1.46. The molecule has 0 bridgehead atoms. The molecule has 7 nitrogen and oxygen atoms in total. The van der Waals surface area contributed by atoms with Crippen LogP contribution in [0, 0.1) is 5.41 Å². The van der Waals surface area contributed by atoms with Crippen LogP contribution in [-0.2, 0) is 4.74 Å². The number of aromatic nitrogens is 2. The van der Waals surface area contributed by atoms with E-state index in [0.29, 0.717) is 21.6 Å². The average molecular weight is 421 g/mol. The monoisotopic (exact) mass is 420 g/mol. The number of hydrogen-bond acceptors (Lipinski definition) is 8. The van der Waals surface area contributed by atoms with Crippen LogP contribution in [0.1, 0.15) is 19.8 Å². The lowest BCUT2D eigenvalue weighted by molar-refractivity contribution is 0.0974. The summed E-state index contributed by atoms with van der Waals surface area (Å²) in [6, 6.07) is 5.59. The first-order valence-corrected chi connectivity index (χ1v) is 10.6. The highest BCUT2D eigenvalue weighted by Crippen LogP contribution is 2.42. The van der Waals surface area contributed by atoms with Gasteiger partial charge in [0.15, 0.2) is 5.82 Å². The zero-order valence-corrected chi connectivity index (χ0v) is 17.3. The van der Waals surface area contributed by atoms with Gasteiger partial charge in [-0.3, -0.25) is 0 Å². The second kappa shape index (κ2) is 7.59. The Morgan fingerprint density at radius 2 is 2.04 bits per heavy atom. The third kappa shape index (κ3) is 3.50. The summed E-state index contributed by atoms with van der Waals surface area (Å²) in [5, 5.41) is 1.12. The molecular formula is C19H25ClN6OS. The van der Waals surface area contributed by atoms with Gasteiger partial charge in [-0.25, -0.2) is 9.97 Å². The quantitative estimate of drug-likeness (QED) is 0.649. The van der Waals surface area contributed by atoms with Gasteiger partial charge < -0.3 is 26.8 Å². The molecule has 0 aliphatic carbocycles. The SMILES string of the molecule is C[C@@H]1OCC2(CCN(c3cnc(Sc4cccc(N)c4Cl)c(N)n3)CC2)[C@@H]1N. The van der Waals surface area contributed by atoms with Gasteiger partial charge in [-0.1, -0.05) is 29.4 Å². The van der Waals surface area contributed by atoms with Gasteiger partial charge in [0.2, 0.25) is 0 Å². The zero-order valence-electron chi connectivity index (χ0n) is 15.8. The Hall–Kier alpha value is -1.74. The first-order chi connectivity index (χ1) is 13.4. The molecule has 4 rings (SSSR count). The number of nitrogens with zero attached hydrogens (tertiary/aromatic N) is 3. The molecule has 150 valence electrons. The molecule has 2 aliphatic rings. The molecule has 1 spiro atoms. The van der Waals surface area contributed by atoms with E-state index >= 15 is 0 Å². The largest absolute Gasteiger partial charge is 0.397 e. The minimum atomic E-state index is 0.0780. The second-order valence-corrected chi connectivity index (χ2v) is 8.98. The molecule has 2 aliphatic heterocycles. The number of piperidine rings is 1. The fourth-order valence-corrected chi connectivity index (χ4v) is 5.04. The van der Waals surface area contributed by atoms with Crippen LogP contribution in [0.4, 0.5) is 17.3 Å². The third-order valence-electron chi connectivity index (χ3n) is 5.88. The molecule has 0 radical (unpaired) electrons. The summed E-state index contributed by atoms with van der Waals surface area (Å²) in [7, 11) is 0. The maximum absolute atomic E-state index is 6.40. The molecule has 28 heavy (non-hydrogen) atoms. The van der Waals surface area contributed by atoms with Gasteiger partial charge in [0.1, 0.15) is 10.8 Å². The topological polar surface area (TPSA) is 116 Å². The van der Waals surface area contributed by atoms with E-state index in [2.05, 4.69) is 21.8 Å². The van der Waals surface area contributed by atoms with Crippen molar-refractivity contribution in [3.05, 3.63) is 29.4 Å². The molecule has 0 unspecified atom stereocenters. The van der Waals surface area contributed by atoms with E-state index < -0.39 is 0 Å². The van der Waals surface area contributed by atoms with E-state index in [1.807, 2.05) is 12.1 Å². The van der Waals surface area contributed by atoms with Crippen LogP contribution < -0.4 is 22.1 Å².